The molecule has 0 amide bonds. The summed E-state index contributed by atoms with van der Waals surface area (Å²) < 4.78 is 24.4. The number of rotatable bonds is 1. The summed E-state index contributed by atoms with van der Waals surface area (Å²) in [4.78, 5) is 9.74. The van der Waals surface area contributed by atoms with Gasteiger partial charge in [0.05, 0.1) is 5.39 Å². The van der Waals surface area contributed by atoms with E-state index in [0.717, 1.165) is 0 Å². The third-order valence-corrected chi connectivity index (χ3v) is 1.87. The van der Waals surface area contributed by atoms with Crippen LogP contribution in [0.3, 0.4) is 0 Å². The van der Waals surface area contributed by atoms with Crippen LogP contribution < -0.4 is 0 Å². The van der Waals surface area contributed by atoms with Crippen LogP contribution in [-0.2, 0) is 0 Å². The number of nitrogens with one attached hydrogen (secondary N) is 1. The zero-order valence-corrected chi connectivity index (χ0v) is 7.02. The standard InChI is InChI=1S/C7H4ClF2N3/c8-4-3-1-2-11-6(3)13-7(12-4)5(9)10/h1-2,5H,(H,11,12,13). The highest BCUT2D eigenvalue weighted by Crippen LogP contribution is 2.23. The number of halogens is 3. The first-order chi connectivity index (χ1) is 6.18. The Balaban J connectivity index is 2.70. The first-order valence-electron chi connectivity index (χ1n) is 3.47. The zero-order chi connectivity index (χ0) is 9.42. The van der Waals surface area contributed by atoms with Gasteiger partial charge >= 0.3 is 0 Å². The monoisotopic (exact) mass is 203 g/mol. The Labute approximate surface area is 76.8 Å². The molecule has 3 nitrogen and oxygen atoms in total. The van der Waals surface area contributed by atoms with E-state index in [1.165, 1.54) is 0 Å². The summed E-state index contributed by atoms with van der Waals surface area (Å²) in [7, 11) is 0. The minimum atomic E-state index is -2.70. The van der Waals surface area contributed by atoms with Crippen molar-refractivity contribution in [3.05, 3.63) is 23.2 Å². The largest absolute Gasteiger partial charge is 0.346 e. The van der Waals surface area contributed by atoms with Gasteiger partial charge in [-0.2, -0.15) is 0 Å². The van der Waals surface area contributed by atoms with Crippen LogP contribution in [0.5, 0.6) is 0 Å². The summed E-state index contributed by atoms with van der Waals surface area (Å²) in [5.74, 6) is -0.556. The molecule has 68 valence electrons. The molecule has 1 N–H and O–H groups in total. The van der Waals surface area contributed by atoms with Crippen molar-refractivity contribution in [1.82, 2.24) is 15.0 Å². The molecule has 0 saturated carbocycles. The summed E-state index contributed by atoms with van der Waals surface area (Å²) >= 11 is 5.64. The van der Waals surface area contributed by atoms with Gasteiger partial charge in [-0.15, -0.1) is 0 Å². The minimum Gasteiger partial charge on any atom is -0.346 e. The van der Waals surface area contributed by atoms with Crippen LogP contribution >= 0.6 is 11.6 Å². The molecule has 0 radical (unpaired) electrons. The van der Waals surface area contributed by atoms with Crippen LogP contribution in [0.1, 0.15) is 12.2 Å². The van der Waals surface area contributed by atoms with Crippen molar-refractivity contribution >= 4 is 22.6 Å². The fourth-order valence-corrected chi connectivity index (χ4v) is 1.26. The summed E-state index contributed by atoms with van der Waals surface area (Å²) in [5, 5.41) is 0.590. The Bertz CT molecular complexity index is 440. The van der Waals surface area contributed by atoms with Gasteiger partial charge in [-0.25, -0.2) is 18.7 Å². The minimum absolute atomic E-state index is 0.0431. The van der Waals surface area contributed by atoms with Gasteiger partial charge in [-0.1, -0.05) is 11.6 Å². The molecule has 0 aliphatic carbocycles. The maximum absolute atomic E-state index is 12.2. The third kappa shape index (κ3) is 1.35. The quantitative estimate of drug-likeness (QED) is 0.724. The molecule has 0 aromatic carbocycles. The highest BCUT2D eigenvalue weighted by molar-refractivity contribution is 6.33. The average Bonchev–Trinajstić information content (AvgIpc) is 2.51. The van der Waals surface area contributed by atoms with Gasteiger partial charge in [0.25, 0.3) is 6.43 Å². The van der Waals surface area contributed by atoms with E-state index in [9.17, 15) is 8.78 Å². The molecule has 0 unspecified atom stereocenters. The molecule has 2 heterocycles. The van der Waals surface area contributed by atoms with E-state index in [-0.39, 0.29) is 5.15 Å². The van der Waals surface area contributed by atoms with E-state index in [2.05, 4.69) is 15.0 Å². The Morgan fingerprint density at radius 1 is 1.38 bits per heavy atom. The molecule has 0 aliphatic rings. The molecular weight excluding hydrogens is 200 g/mol. The second-order valence-electron chi connectivity index (χ2n) is 2.41. The SMILES string of the molecule is FC(F)c1nc(Cl)c2cc[nH]c2n1. The molecular formula is C7H4ClF2N3. The number of alkyl halides is 2. The average molecular weight is 204 g/mol. The Morgan fingerprint density at radius 2 is 2.15 bits per heavy atom. The Morgan fingerprint density at radius 3 is 2.85 bits per heavy atom. The lowest BCUT2D eigenvalue weighted by Gasteiger charge is -1.98. The van der Waals surface area contributed by atoms with E-state index in [0.29, 0.717) is 11.0 Å². The summed E-state index contributed by atoms with van der Waals surface area (Å²) in [6.07, 6.45) is -1.13. The molecule has 2 aromatic heterocycles. The number of hydrogen-bond acceptors (Lipinski definition) is 2. The Hall–Kier alpha value is -1.23. The van der Waals surface area contributed by atoms with Crippen molar-refractivity contribution in [2.45, 2.75) is 6.43 Å². The van der Waals surface area contributed by atoms with Crippen LogP contribution in [0.2, 0.25) is 5.15 Å². The van der Waals surface area contributed by atoms with Crippen molar-refractivity contribution < 1.29 is 8.78 Å². The van der Waals surface area contributed by atoms with Crippen LogP contribution in [-0.4, -0.2) is 15.0 Å². The molecule has 13 heavy (non-hydrogen) atoms. The number of fused-ring (bicyclic) bond motifs is 1. The molecule has 2 rings (SSSR count). The van der Waals surface area contributed by atoms with Crippen LogP contribution in [0.4, 0.5) is 8.78 Å². The maximum Gasteiger partial charge on any atom is 0.297 e. The van der Waals surface area contributed by atoms with Gasteiger partial charge in [0.1, 0.15) is 10.8 Å². The third-order valence-electron chi connectivity index (χ3n) is 1.58. The number of nitrogens with zero attached hydrogens (tertiary/aromatic N) is 2. The van der Waals surface area contributed by atoms with Gasteiger partial charge in [-0.05, 0) is 6.07 Å². The van der Waals surface area contributed by atoms with E-state index >= 15 is 0 Å². The van der Waals surface area contributed by atoms with Gasteiger partial charge in [0.15, 0.2) is 5.82 Å². The number of hydrogen-bond donors (Lipinski definition) is 1. The normalized spacial score (nSPS) is 11.4. The fraction of sp³-hybridized carbons (Fsp3) is 0.143. The second-order valence-corrected chi connectivity index (χ2v) is 2.77. The maximum atomic E-state index is 12.2. The predicted molar refractivity (Wildman–Crippen MR) is 43.9 cm³/mol. The van der Waals surface area contributed by atoms with Gasteiger partial charge in [0, 0.05) is 6.20 Å². The van der Waals surface area contributed by atoms with E-state index in [1.807, 2.05) is 0 Å². The van der Waals surface area contributed by atoms with Gasteiger partial charge in [0.2, 0.25) is 0 Å². The van der Waals surface area contributed by atoms with E-state index in [4.69, 9.17) is 11.6 Å². The second kappa shape index (κ2) is 2.92. The van der Waals surface area contributed by atoms with Crippen LogP contribution in [0, 0.1) is 0 Å². The van der Waals surface area contributed by atoms with Gasteiger partial charge < -0.3 is 4.98 Å². The predicted octanol–water partition coefficient (Wildman–Crippen LogP) is 2.55. The van der Waals surface area contributed by atoms with Crippen molar-refractivity contribution in [2.24, 2.45) is 0 Å². The molecule has 0 aliphatic heterocycles. The summed E-state index contributed by atoms with van der Waals surface area (Å²) in [6, 6.07) is 1.63. The Kier molecular flexibility index (Phi) is 1.88. The first-order valence-corrected chi connectivity index (χ1v) is 3.85. The van der Waals surface area contributed by atoms with Crippen molar-refractivity contribution in [3.63, 3.8) is 0 Å². The van der Waals surface area contributed by atoms with Gasteiger partial charge in [-0.3, -0.25) is 0 Å². The topological polar surface area (TPSA) is 41.6 Å². The van der Waals surface area contributed by atoms with Crippen LogP contribution in [0.25, 0.3) is 11.0 Å². The first kappa shape index (κ1) is 8.37. The van der Waals surface area contributed by atoms with Crippen molar-refractivity contribution in [2.75, 3.05) is 0 Å². The van der Waals surface area contributed by atoms with Crippen molar-refractivity contribution in [3.8, 4) is 0 Å². The lowest BCUT2D eigenvalue weighted by molar-refractivity contribution is 0.140. The fourth-order valence-electron chi connectivity index (χ4n) is 1.02. The highest BCUT2D eigenvalue weighted by atomic mass is 35.5. The number of aromatic nitrogens is 3. The van der Waals surface area contributed by atoms with E-state index in [1.54, 1.807) is 12.3 Å². The lowest BCUT2D eigenvalue weighted by atomic mass is 10.4. The zero-order valence-electron chi connectivity index (χ0n) is 6.26. The van der Waals surface area contributed by atoms with E-state index < -0.39 is 12.2 Å². The summed E-state index contributed by atoms with van der Waals surface area (Å²) in [6.45, 7) is 0. The summed E-state index contributed by atoms with van der Waals surface area (Å²) in [5.41, 5.74) is 0.329. The lowest BCUT2D eigenvalue weighted by Crippen LogP contribution is -1.95. The smallest absolute Gasteiger partial charge is 0.297 e. The molecule has 0 fully saturated rings. The molecule has 2 aromatic rings. The van der Waals surface area contributed by atoms with Crippen molar-refractivity contribution in [1.29, 1.82) is 0 Å². The molecule has 0 saturated heterocycles. The highest BCUT2D eigenvalue weighted by Gasteiger charge is 2.14. The molecule has 0 atom stereocenters. The van der Waals surface area contributed by atoms with Crippen LogP contribution in [0.15, 0.2) is 12.3 Å². The number of aromatic amines is 1. The number of H-pyrrole nitrogens is 1. The molecule has 0 spiro atoms. The molecule has 6 heteroatoms. The molecule has 0 bridgehead atoms.